The number of aryl methyl sites for hydroxylation is 1. The molecule has 3 N–H and O–H groups in total. The SMILES string of the molecule is Cn1cnc(CN=C(N)NC2CCCC2)n1. The first-order chi connectivity index (χ1) is 7.74. The summed E-state index contributed by atoms with van der Waals surface area (Å²) in [7, 11) is 1.83. The lowest BCUT2D eigenvalue weighted by Gasteiger charge is -2.11. The predicted octanol–water partition coefficient (Wildman–Crippen LogP) is 0.162. The molecule has 0 aliphatic heterocycles. The van der Waals surface area contributed by atoms with Crippen LogP contribution in [0, 0.1) is 0 Å². The summed E-state index contributed by atoms with van der Waals surface area (Å²) in [5.41, 5.74) is 5.78. The van der Waals surface area contributed by atoms with E-state index in [1.807, 2.05) is 7.05 Å². The first-order valence-corrected chi connectivity index (χ1v) is 5.65. The van der Waals surface area contributed by atoms with E-state index < -0.39 is 0 Å². The van der Waals surface area contributed by atoms with Crippen LogP contribution < -0.4 is 11.1 Å². The normalized spacial score (nSPS) is 17.9. The first-order valence-electron chi connectivity index (χ1n) is 5.65. The van der Waals surface area contributed by atoms with E-state index in [4.69, 9.17) is 5.73 Å². The van der Waals surface area contributed by atoms with Crippen LogP contribution in [0.1, 0.15) is 31.5 Å². The molecule has 1 saturated carbocycles. The second-order valence-electron chi connectivity index (χ2n) is 4.16. The molecule has 1 fully saturated rings. The number of nitrogens with one attached hydrogen (secondary N) is 1. The van der Waals surface area contributed by atoms with E-state index in [0.717, 1.165) is 0 Å². The average molecular weight is 222 g/mol. The van der Waals surface area contributed by atoms with Gasteiger partial charge in [0.05, 0.1) is 0 Å². The average Bonchev–Trinajstić information content (AvgIpc) is 2.87. The molecular formula is C10H18N6. The van der Waals surface area contributed by atoms with Crippen LogP contribution in [0.4, 0.5) is 0 Å². The standard InChI is InChI=1S/C10H18N6/c1-16-7-13-9(15-16)6-12-10(11)14-8-4-2-3-5-8/h7-8H,2-6H2,1H3,(H3,11,12,14). The Morgan fingerprint density at radius 2 is 2.38 bits per heavy atom. The molecule has 88 valence electrons. The maximum atomic E-state index is 5.78. The highest BCUT2D eigenvalue weighted by Gasteiger charge is 2.14. The minimum Gasteiger partial charge on any atom is -0.370 e. The molecule has 0 atom stereocenters. The van der Waals surface area contributed by atoms with E-state index in [9.17, 15) is 0 Å². The summed E-state index contributed by atoms with van der Waals surface area (Å²) >= 11 is 0. The van der Waals surface area contributed by atoms with Crippen LogP contribution in [-0.4, -0.2) is 26.8 Å². The molecule has 1 heterocycles. The molecule has 0 radical (unpaired) electrons. The van der Waals surface area contributed by atoms with Crippen LogP contribution in [0.25, 0.3) is 0 Å². The largest absolute Gasteiger partial charge is 0.370 e. The van der Waals surface area contributed by atoms with Crippen molar-refractivity contribution in [3.8, 4) is 0 Å². The molecule has 0 aromatic carbocycles. The number of hydrogen-bond acceptors (Lipinski definition) is 3. The molecule has 2 rings (SSSR count). The molecule has 1 aromatic rings. The van der Waals surface area contributed by atoms with Crippen LogP contribution in [0.2, 0.25) is 0 Å². The van der Waals surface area contributed by atoms with Gasteiger partial charge in [0.15, 0.2) is 11.8 Å². The quantitative estimate of drug-likeness (QED) is 0.564. The summed E-state index contributed by atoms with van der Waals surface area (Å²) in [6.45, 7) is 0.437. The number of aromatic nitrogens is 3. The summed E-state index contributed by atoms with van der Waals surface area (Å²) in [5, 5.41) is 7.35. The molecule has 6 nitrogen and oxygen atoms in total. The van der Waals surface area contributed by atoms with Gasteiger partial charge < -0.3 is 11.1 Å². The minimum atomic E-state index is 0.437. The maximum absolute atomic E-state index is 5.78. The Morgan fingerprint density at radius 1 is 1.62 bits per heavy atom. The molecule has 0 bridgehead atoms. The van der Waals surface area contributed by atoms with E-state index >= 15 is 0 Å². The van der Waals surface area contributed by atoms with Crippen molar-refractivity contribution in [2.45, 2.75) is 38.3 Å². The van der Waals surface area contributed by atoms with Crippen molar-refractivity contribution in [3.63, 3.8) is 0 Å². The van der Waals surface area contributed by atoms with Crippen molar-refractivity contribution in [3.05, 3.63) is 12.2 Å². The molecule has 1 aromatic heterocycles. The smallest absolute Gasteiger partial charge is 0.189 e. The van der Waals surface area contributed by atoms with Crippen LogP contribution in [-0.2, 0) is 13.6 Å². The van der Waals surface area contributed by atoms with Crippen molar-refractivity contribution in [1.29, 1.82) is 0 Å². The lowest BCUT2D eigenvalue weighted by atomic mass is 10.2. The van der Waals surface area contributed by atoms with Gasteiger partial charge in [-0.2, -0.15) is 5.10 Å². The van der Waals surface area contributed by atoms with Crippen LogP contribution in [0.5, 0.6) is 0 Å². The van der Waals surface area contributed by atoms with E-state index in [-0.39, 0.29) is 0 Å². The summed E-state index contributed by atoms with van der Waals surface area (Å²) in [5.74, 6) is 1.19. The van der Waals surface area contributed by atoms with Gasteiger partial charge in [0, 0.05) is 13.1 Å². The fraction of sp³-hybridized carbons (Fsp3) is 0.700. The van der Waals surface area contributed by atoms with E-state index in [1.54, 1.807) is 11.0 Å². The van der Waals surface area contributed by atoms with E-state index in [0.29, 0.717) is 24.4 Å². The lowest BCUT2D eigenvalue weighted by molar-refractivity contribution is 0.624. The highest BCUT2D eigenvalue weighted by atomic mass is 15.3. The summed E-state index contributed by atoms with van der Waals surface area (Å²) in [6, 6.07) is 0.500. The second kappa shape index (κ2) is 4.96. The van der Waals surface area contributed by atoms with Crippen molar-refractivity contribution in [1.82, 2.24) is 20.1 Å². The molecule has 0 spiro atoms. The van der Waals surface area contributed by atoms with Gasteiger partial charge in [0.25, 0.3) is 0 Å². The van der Waals surface area contributed by atoms with Crippen molar-refractivity contribution in [2.24, 2.45) is 17.8 Å². The Kier molecular flexibility index (Phi) is 3.38. The van der Waals surface area contributed by atoms with Gasteiger partial charge in [-0.25, -0.2) is 9.98 Å². The number of aliphatic imine (C=N–C) groups is 1. The van der Waals surface area contributed by atoms with E-state index in [1.165, 1.54) is 25.7 Å². The van der Waals surface area contributed by atoms with Crippen LogP contribution in [0.3, 0.4) is 0 Å². The van der Waals surface area contributed by atoms with Crippen LogP contribution in [0.15, 0.2) is 11.3 Å². The Hall–Kier alpha value is -1.59. The molecular weight excluding hydrogens is 204 g/mol. The molecule has 0 saturated heterocycles. The number of nitrogens with two attached hydrogens (primary N) is 1. The van der Waals surface area contributed by atoms with E-state index in [2.05, 4.69) is 20.4 Å². The van der Waals surface area contributed by atoms with Crippen LogP contribution >= 0.6 is 0 Å². The van der Waals surface area contributed by atoms with Gasteiger partial charge >= 0.3 is 0 Å². The lowest BCUT2D eigenvalue weighted by Crippen LogP contribution is -2.38. The van der Waals surface area contributed by atoms with Gasteiger partial charge in [0.1, 0.15) is 12.9 Å². The highest BCUT2D eigenvalue weighted by molar-refractivity contribution is 5.78. The highest BCUT2D eigenvalue weighted by Crippen LogP contribution is 2.17. The van der Waals surface area contributed by atoms with Gasteiger partial charge in [-0.1, -0.05) is 12.8 Å². The summed E-state index contributed by atoms with van der Waals surface area (Å²) in [4.78, 5) is 8.30. The zero-order valence-corrected chi connectivity index (χ0v) is 9.56. The third kappa shape index (κ3) is 2.95. The Bertz CT molecular complexity index is 363. The molecule has 16 heavy (non-hydrogen) atoms. The van der Waals surface area contributed by atoms with Crippen molar-refractivity contribution >= 4 is 5.96 Å². The second-order valence-corrected chi connectivity index (χ2v) is 4.16. The van der Waals surface area contributed by atoms with Gasteiger partial charge in [-0.3, -0.25) is 4.68 Å². The first kappa shape index (κ1) is 10.9. The Balaban J connectivity index is 1.81. The van der Waals surface area contributed by atoms with Crippen molar-refractivity contribution in [2.75, 3.05) is 0 Å². The number of guanidine groups is 1. The number of rotatable bonds is 3. The maximum Gasteiger partial charge on any atom is 0.189 e. The molecule has 0 unspecified atom stereocenters. The zero-order chi connectivity index (χ0) is 11.4. The predicted molar refractivity (Wildman–Crippen MR) is 61.7 cm³/mol. The Labute approximate surface area is 95.0 Å². The third-order valence-corrected chi connectivity index (χ3v) is 2.75. The van der Waals surface area contributed by atoms with Gasteiger partial charge in [-0.05, 0) is 12.8 Å². The third-order valence-electron chi connectivity index (χ3n) is 2.75. The fourth-order valence-corrected chi connectivity index (χ4v) is 1.94. The number of hydrogen-bond donors (Lipinski definition) is 2. The summed E-state index contributed by atoms with van der Waals surface area (Å²) in [6.07, 6.45) is 6.61. The molecule has 1 aliphatic carbocycles. The van der Waals surface area contributed by atoms with Crippen molar-refractivity contribution < 1.29 is 0 Å². The zero-order valence-electron chi connectivity index (χ0n) is 9.56. The summed E-state index contributed by atoms with van der Waals surface area (Å²) < 4.78 is 1.66. The molecule has 1 aliphatic rings. The Morgan fingerprint density at radius 3 is 3.00 bits per heavy atom. The monoisotopic (exact) mass is 222 g/mol. The molecule has 6 heteroatoms. The molecule has 0 amide bonds. The number of nitrogens with zero attached hydrogens (tertiary/aromatic N) is 4. The topological polar surface area (TPSA) is 81.1 Å². The van der Waals surface area contributed by atoms with Gasteiger partial charge in [-0.15, -0.1) is 0 Å². The van der Waals surface area contributed by atoms with Gasteiger partial charge in [0.2, 0.25) is 0 Å². The fourth-order valence-electron chi connectivity index (χ4n) is 1.94. The minimum absolute atomic E-state index is 0.437.